The maximum atomic E-state index is 2.49. The molecule has 11 aromatic carbocycles. The minimum Gasteiger partial charge on any atom is -0.309 e. The predicted molar refractivity (Wildman–Crippen MR) is 280 cm³/mol. The van der Waals surface area contributed by atoms with Gasteiger partial charge in [0.05, 0.1) is 27.1 Å². The highest BCUT2D eigenvalue weighted by Gasteiger charge is 2.23. The standard InChI is InChI=1S/C62H40N2S/c1-2-15-43(16-3-1)56-40-48(47-29-28-41-14-4-5-18-45(41)38-47)33-37-59(56)63(60-27-13-24-54-55-36-32-44-17-6-7-21-51(44)61(55)65-62(54)60)49-34-30-42(31-35-49)46-19-12-20-50(39-46)64-57-25-10-8-22-52(57)53-23-9-11-26-58(53)64/h1-40H. The molecule has 0 spiro atoms. The number of rotatable bonds is 7. The average molecular weight is 845 g/mol. The first-order valence-electron chi connectivity index (χ1n) is 22.2. The summed E-state index contributed by atoms with van der Waals surface area (Å²) in [6.45, 7) is 0. The van der Waals surface area contributed by atoms with Gasteiger partial charge in [0, 0.05) is 43.2 Å². The highest BCUT2D eigenvalue weighted by Crippen LogP contribution is 2.49. The predicted octanol–water partition coefficient (Wildman–Crippen LogP) is 17.9. The van der Waals surface area contributed by atoms with Crippen LogP contribution in [0.15, 0.2) is 243 Å². The normalized spacial score (nSPS) is 11.7. The first-order valence-corrected chi connectivity index (χ1v) is 23.1. The van der Waals surface area contributed by atoms with Crippen LogP contribution in [0, 0.1) is 0 Å². The maximum Gasteiger partial charge on any atom is 0.0640 e. The van der Waals surface area contributed by atoms with E-state index in [0.29, 0.717) is 0 Å². The van der Waals surface area contributed by atoms with Crippen molar-refractivity contribution in [3.05, 3.63) is 243 Å². The van der Waals surface area contributed by atoms with E-state index in [9.17, 15) is 0 Å². The van der Waals surface area contributed by atoms with Gasteiger partial charge in [0.1, 0.15) is 0 Å². The van der Waals surface area contributed by atoms with E-state index < -0.39 is 0 Å². The number of para-hydroxylation sites is 2. The van der Waals surface area contributed by atoms with Gasteiger partial charge in [0.25, 0.3) is 0 Å². The van der Waals surface area contributed by atoms with Gasteiger partial charge < -0.3 is 9.47 Å². The quantitative estimate of drug-likeness (QED) is 0.155. The summed E-state index contributed by atoms with van der Waals surface area (Å²) >= 11 is 1.90. The number of anilines is 3. The van der Waals surface area contributed by atoms with Crippen molar-refractivity contribution in [2.24, 2.45) is 0 Å². The molecule has 0 bridgehead atoms. The Bertz CT molecular complexity index is 3900. The van der Waals surface area contributed by atoms with Crippen molar-refractivity contribution < 1.29 is 0 Å². The molecule has 0 unspecified atom stereocenters. The zero-order valence-corrected chi connectivity index (χ0v) is 36.2. The molecule has 13 rings (SSSR count). The second-order valence-corrected chi connectivity index (χ2v) is 17.9. The Morgan fingerprint density at radius 3 is 1.68 bits per heavy atom. The molecule has 65 heavy (non-hydrogen) atoms. The van der Waals surface area contributed by atoms with E-state index in [1.165, 1.54) is 91.3 Å². The minimum absolute atomic E-state index is 1.10. The molecule has 13 aromatic rings. The second kappa shape index (κ2) is 15.2. The molecular weight excluding hydrogens is 805 g/mol. The number of hydrogen-bond donors (Lipinski definition) is 0. The van der Waals surface area contributed by atoms with Gasteiger partial charge in [-0.05, 0) is 110 Å². The molecular formula is C62H40N2S. The summed E-state index contributed by atoms with van der Waals surface area (Å²) in [6, 6.07) is 89.0. The second-order valence-electron chi connectivity index (χ2n) is 16.9. The van der Waals surface area contributed by atoms with Crippen LogP contribution in [0.5, 0.6) is 0 Å². The fraction of sp³-hybridized carbons (Fsp3) is 0. The largest absolute Gasteiger partial charge is 0.309 e. The van der Waals surface area contributed by atoms with Crippen LogP contribution in [-0.4, -0.2) is 4.57 Å². The fourth-order valence-electron chi connectivity index (χ4n) is 10.1. The highest BCUT2D eigenvalue weighted by molar-refractivity contribution is 7.27. The zero-order chi connectivity index (χ0) is 42.8. The molecule has 0 N–H and O–H groups in total. The smallest absolute Gasteiger partial charge is 0.0640 e. The van der Waals surface area contributed by atoms with Crippen molar-refractivity contribution in [1.29, 1.82) is 0 Å². The van der Waals surface area contributed by atoms with Crippen LogP contribution in [0.3, 0.4) is 0 Å². The number of hydrogen-bond acceptors (Lipinski definition) is 2. The number of thiophene rings is 1. The third-order valence-electron chi connectivity index (χ3n) is 13.2. The SMILES string of the molecule is c1ccc(-c2cc(-c3ccc4ccccc4c3)ccc2N(c2ccc(-c3cccc(-n4c5ccccc5c5ccccc54)c3)cc2)c2cccc3c2sc2c4ccccc4ccc32)cc1. The Labute approximate surface area is 381 Å². The summed E-state index contributed by atoms with van der Waals surface area (Å²) in [6.07, 6.45) is 0. The first-order chi connectivity index (χ1) is 32.2. The summed E-state index contributed by atoms with van der Waals surface area (Å²) in [5, 5.41) is 10.1. The number of nitrogens with zero attached hydrogens (tertiary/aromatic N) is 2. The summed E-state index contributed by atoms with van der Waals surface area (Å²) < 4.78 is 4.98. The van der Waals surface area contributed by atoms with Crippen molar-refractivity contribution in [3.8, 4) is 39.1 Å². The monoisotopic (exact) mass is 844 g/mol. The van der Waals surface area contributed by atoms with E-state index in [1.54, 1.807) is 0 Å². The van der Waals surface area contributed by atoms with Gasteiger partial charge >= 0.3 is 0 Å². The van der Waals surface area contributed by atoms with Gasteiger partial charge in [-0.25, -0.2) is 0 Å². The van der Waals surface area contributed by atoms with Crippen LogP contribution in [0.4, 0.5) is 17.1 Å². The highest BCUT2D eigenvalue weighted by atomic mass is 32.1. The summed E-state index contributed by atoms with van der Waals surface area (Å²) in [5.74, 6) is 0. The molecule has 2 nitrogen and oxygen atoms in total. The number of aromatic nitrogens is 1. The van der Waals surface area contributed by atoms with E-state index in [0.717, 1.165) is 28.3 Å². The van der Waals surface area contributed by atoms with Gasteiger partial charge in [-0.3, -0.25) is 0 Å². The lowest BCUT2D eigenvalue weighted by atomic mass is 9.95. The summed E-state index contributed by atoms with van der Waals surface area (Å²) in [4.78, 5) is 2.49. The fourth-order valence-corrected chi connectivity index (χ4v) is 11.4. The van der Waals surface area contributed by atoms with E-state index in [1.807, 2.05) is 11.3 Å². The van der Waals surface area contributed by atoms with Crippen molar-refractivity contribution in [2.45, 2.75) is 0 Å². The molecule has 3 heteroatoms. The van der Waals surface area contributed by atoms with Crippen molar-refractivity contribution in [2.75, 3.05) is 4.90 Å². The maximum absolute atomic E-state index is 2.49. The summed E-state index contributed by atoms with van der Waals surface area (Å²) in [5.41, 5.74) is 14.0. The van der Waals surface area contributed by atoms with Gasteiger partial charge in [0.2, 0.25) is 0 Å². The third kappa shape index (κ3) is 6.24. The first kappa shape index (κ1) is 37.3. The van der Waals surface area contributed by atoms with E-state index in [2.05, 4.69) is 252 Å². The van der Waals surface area contributed by atoms with Gasteiger partial charge in [-0.2, -0.15) is 0 Å². The van der Waals surface area contributed by atoms with Crippen molar-refractivity contribution in [1.82, 2.24) is 4.57 Å². The molecule has 0 saturated carbocycles. The van der Waals surface area contributed by atoms with Crippen LogP contribution in [-0.2, 0) is 0 Å². The Balaban J connectivity index is 0.998. The zero-order valence-electron chi connectivity index (χ0n) is 35.4. The van der Waals surface area contributed by atoms with E-state index in [4.69, 9.17) is 0 Å². The van der Waals surface area contributed by atoms with E-state index in [-0.39, 0.29) is 0 Å². The van der Waals surface area contributed by atoms with Crippen molar-refractivity contribution in [3.63, 3.8) is 0 Å². The van der Waals surface area contributed by atoms with Crippen LogP contribution in [0.25, 0.3) is 103 Å². The van der Waals surface area contributed by atoms with Crippen LogP contribution < -0.4 is 4.90 Å². The lowest BCUT2D eigenvalue weighted by molar-refractivity contribution is 1.18. The Morgan fingerprint density at radius 2 is 0.877 bits per heavy atom. The Kier molecular flexibility index (Phi) is 8.75. The molecule has 0 aliphatic rings. The topological polar surface area (TPSA) is 8.17 Å². The van der Waals surface area contributed by atoms with Crippen LogP contribution in [0.1, 0.15) is 0 Å². The van der Waals surface area contributed by atoms with Crippen LogP contribution >= 0.6 is 11.3 Å². The average Bonchev–Trinajstić information content (AvgIpc) is 3.94. The lowest BCUT2D eigenvalue weighted by Gasteiger charge is -2.29. The Morgan fingerprint density at radius 1 is 0.308 bits per heavy atom. The molecule has 0 radical (unpaired) electrons. The molecule has 304 valence electrons. The molecule has 0 aliphatic heterocycles. The molecule has 0 aliphatic carbocycles. The minimum atomic E-state index is 1.10. The van der Waals surface area contributed by atoms with Crippen molar-refractivity contribution >= 4 is 91.9 Å². The van der Waals surface area contributed by atoms with Gasteiger partial charge in [0.15, 0.2) is 0 Å². The number of fused-ring (bicyclic) bond motifs is 9. The Hall–Kier alpha value is -8.24. The molecule has 0 atom stereocenters. The molecule has 0 amide bonds. The van der Waals surface area contributed by atoms with Gasteiger partial charge in [-0.1, -0.05) is 182 Å². The number of benzene rings is 11. The van der Waals surface area contributed by atoms with E-state index >= 15 is 0 Å². The molecule has 2 aromatic heterocycles. The van der Waals surface area contributed by atoms with Crippen LogP contribution in [0.2, 0.25) is 0 Å². The summed E-state index contributed by atoms with van der Waals surface area (Å²) in [7, 11) is 0. The van der Waals surface area contributed by atoms with Gasteiger partial charge in [-0.15, -0.1) is 11.3 Å². The lowest BCUT2D eigenvalue weighted by Crippen LogP contribution is -2.11. The molecule has 2 heterocycles. The molecule has 0 saturated heterocycles. The molecule has 0 fully saturated rings. The third-order valence-corrected chi connectivity index (χ3v) is 14.4.